The number of nitrogens with zero attached hydrogens (tertiary/aromatic N) is 1. The summed E-state index contributed by atoms with van der Waals surface area (Å²) in [7, 11) is 0. The largest absolute Gasteiger partial charge is 0.457 e. The predicted octanol–water partition coefficient (Wildman–Crippen LogP) is 4.89. The number of hydrogen-bond donors (Lipinski definition) is 3. The molecule has 178 valence electrons. The molecule has 7 heteroatoms. The van der Waals surface area contributed by atoms with Gasteiger partial charge in [-0.15, -0.1) is 0 Å². The lowest BCUT2D eigenvalue weighted by atomic mass is 10.0. The van der Waals surface area contributed by atoms with E-state index >= 15 is 0 Å². The van der Waals surface area contributed by atoms with Crippen molar-refractivity contribution in [1.29, 1.82) is 0 Å². The van der Waals surface area contributed by atoms with Crippen LogP contribution in [0.2, 0.25) is 0 Å². The van der Waals surface area contributed by atoms with Crippen LogP contribution in [0.3, 0.4) is 0 Å². The number of para-hydroxylation sites is 1. The third kappa shape index (κ3) is 7.57. The molecule has 3 aromatic carbocycles. The van der Waals surface area contributed by atoms with Gasteiger partial charge < -0.3 is 20.4 Å². The lowest BCUT2D eigenvalue weighted by molar-refractivity contribution is -0.126. The van der Waals surface area contributed by atoms with Crippen molar-refractivity contribution in [2.75, 3.05) is 5.32 Å². The van der Waals surface area contributed by atoms with Crippen LogP contribution in [-0.4, -0.2) is 27.8 Å². The fourth-order valence-corrected chi connectivity index (χ4v) is 3.68. The molecule has 3 N–H and O–H groups in total. The van der Waals surface area contributed by atoms with Crippen LogP contribution >= 0.6 is 0 Å². The number of amides is 2. The minimum atomic E-state index is -0.658. The first-order valence-electron chi connectivity index (χ1n) is 11.6. The molecule has 4 rings (SSSR count). The van der Waals surface area contributed by atoms with E-state index in [4.69, 9.17) is 4.74 Å². The standard InChI is InChI=1S/C28H28N4O3/c33-27(18-23-19-29-20-30-23)32-26(13-7-10-21-8-3-1-4-9-21)28(34)31-22-14-16-25(17-15-22)35-24-11-5-2-6-12-24/h1-6,8-9,11-12,14-17,19-20,26H,7,10,13,18H2,(H,29,30)(H,31,34)(H,32,33). The van der Waals surface area contributed by atoms with Crippen molar-refractivity contribution < 1.29 is 14.3 Å². The lowest BCUT2D eigenvalue weighted by Gasteiger charge is -2.19. The Morgan fingerprint density at radius 2 is 1.57 bits per heavy atom. The molecule has 2 amide bonds. The fourth-order valence-electron chi connectivity index (χ4n) is 3.68. The number of aromatic amines is 1. The van der Waals surface area contributed by atoms with Crippen LogP contribution in [-0.2, 0) is 22.4 Å². The normalized spacial score (nSPS) is 11.4. The number of nitrogens with one attached hydrogen (secondary N) is 3. The van der Waals surface area contributed by atoms with E-state index in [2.05, 4.69) is 32.7 Å². The summed E-state index contributed by atoms with van der Waals surface area (Å²) in [4.78, 5) is 32.5. The number of anilines is 1. The van der Waals surface area contributed by atoms with Crippen molar-refractivity contribution in [3.05, 3.63) is 109 Å². The predicted molar refractivity (Wildman–Crippen MR) is 135 cm³/mol. The van der Waals surface area contributed by atoms with Gasteiger partial charge in [-0.2, -0.15) is 0 Å². The number of rotatable bonds is 11. The van der Waals surface area contributed by atoms with E-state index in [0.29, 0.717) is 23.6 Å². The average molecular weight is 469 g/mol. The second-order valence-electron chi connectivity index (χ2n) is 8.18. The van der Waals surface area contributed by atoms with Crippen molar-refractivity contribution in [3.63, 3.8) is 0 Å². The number of carbonyl (C=O) groups is 2. The maximum Gasteiger partial charge on any atom is 0.246 e. The Bertz CT molecular complexity index is 1190. The molecule has 0 saturated heterocycles. The van der Waals surface area contributed by atoms with Crippen molar-refractivity contribution >= 4 is 17.5 Å². The first-order chi connectivity index (χ1) is 17.2. The molecule has 1 heterocycles. The van der Waals surface area contributed by atoms with Gasteiger partial charge in [-0.1, -0.05) is 48.5 Å². The van der Waals surface area contributed by atoms with Crippen LogP contribution in [0.1, 0.15) is 24.1 Å². The minimum Gasteiger partial charge on any atom is -0.457 e. The minimum absolute atomic E-state index is 0.133. The van der Waals surface area contributed by atoms with Gasteiger partial charge in [0, 0.05) is 17.6 Å². The van der Waals surface area contributed by atoms with E-state index in [1.165, 1.54) is 11.9 Å². The summed E-state index contributed by atoms with van der Waals surface area (Å²) in [6, 6.07) is 26.1. The van der Waals surface area contributed by atoms with E-state index in [0.717, 1.165) is 18.6 Å². The fraction of sp³-hybridized carbons (Fsp3) is 0.179. The second-order valence-corrected chi connectivity index (χ2v) is 8.18. The van der Waals surface area contributed by atoms with Gasteiger partial charge in [-0.05, 0) is 61.2 Å². The highest BCUT2D eigenvalue weighted by atomic mass is 16.5. The van der Waals surface area contributed by atoms with Gasteiger partial charge in [-0.3, -0.25) is 9.59 Å². The topological polar surface area (TPSA) is 96.1 Å². The number of ether oxygens (including phenoxy) is 1. The van der Waals surface area contributed by atoms with E-state index < -0.39 is 6.04 Å². The van der Waals surface area contributed by atoms with Crippen molar-refractivity contribution in [2.24, 2.45) is 0 Å². The second kappa shape index (κ2) is 12.2. The Labute approximate surface area is 204 Å². The number of hydrogen-bond acceptors (Lipinski definition) is 4. The molecule has 1 aromatic heterocycles. The van der Waals surface area contributed by atoms with Crippen LogP contribution in [0.5, 0.6) is 11.5 Å². The van der Waals surface area contributed by atoms with Crippen LogP contribution in [0.4, 0.5) is 5.69 Å². The first-order valence-corrected chi connectivity index (χ1v) is 11.6. The zero-order valence-electron chi connectivity index (χ0n) is 19.3. The maximum atomic E-state index is 13.1. The van der Waals surface area contributed by atoms with E-state index in [9.17, 15) is 9.59 Å². The highest BCUT2D eigenvalue weighted by Crippen LogP contribution is 2.23. The number of benzene rings is 3. The molecule has 0 aliphatic rings. The summed E-state index contributed by atoms with van der Waals surface area (Å²) in [6.45, 7) is 0. The van der Waals surface area contributed by atoms with Crippen LogP contribution in [0.15, 0.2) is 97.5 Å². The molecule has 4 aromatic rings. The molecule has 0 fully saturated rings. The third-order valence-corrected chi connectivity index (χ3v) is 5.46. The van der Waals surface area contributed by atoms with Gasteiger partial charge in [0.25, 0.3) is 0 Å². The van der Waals surface area contributed by atoms with Gasteiger partial charge in [0.05, 0.1) is 12.7 Å². The summed E-state index contributed by atoms with van der Waals surface area (Å²) >= 11 is 0. The first kappa shape index (κ1) is 23.8. The highest BCUT2D eigenvalue weighted by molar-refractivity contribution is 5.97. The molecule has 0 aliphatic heterocycles. The molecule has 1 atom stereocenters. The molecule has 7 nitrogen and oxygen atoms in total. The van der Waals surface area contributed by atoms with Crippen LogP contribution in [0, 0.1) is 0 Å². The van der Waals surface area contributed by atoms with E-state index in [-0.39, 0.29) is 18.2 Å². The summed E-state index contributed by atoms with van der Waals surface area (Å²) in [5.41, 5.74) is 2.52. The van der Waals surface area contributed by atoms with Crippen molar-refractivity contribution in [1.82, 2.24) is 15.3 Å². The van der Waals surface area contributed by atoms with Crippen LogP contribution in [0.25, 0.3) is 0 Å². The Kier molecular flexibility index (Phi) is 8.27. The number of carbonyl (C=O) groups excluding carboxylic acids is 2. The molecule has 0 spiro atoms. The Balaban J connectivity index is 1.36. The number of aromatic nitrogens is 2. The summed E-state index contributed by atoms with van der Waals surface area (Å²) in [6.07, 6.45) is 5.36. The molecule has 35 heavy (non-hydrogen) atoms. The zero-order chi connectivity index (χ0) is 24.3. The number of imidazole rings is 1. The SMILES string of the molecule is O=C(Cc1cnc[nH]1)NC(CCCc1ccccc1)C(=O)Nc1ccc(Oc2ccccc2)cc1. The Hall–Kier alpha value is -4.39. The number of H-pyrrole nitrogens is 1. The van der Waals surface area contributed by atoms with Crippen LogP contribution < -0.4 is 15.4 Å². The molecular weight excluding hydrogens is 440 g/mol. The molecule has 1 unspecified atom stereocenters. The van der Waals surface area contributed by atoms with Crippen molar-refractivity contribution in [2.45, 2.75) is 31.7 Å². The zero-order valence-corrected chi connectivity index (χ0v) is 19.3. The highest BCUT2D eigenvalue weighted by Gasteiger charge is 2.21. The molecule has 0 saturated carbocycles. The Morgan fingerprint density at radius 3 is 2.26 bits per heavy atom. The quantitative estimate of drug-likeness (QED) is 0.292. The third-order valence-electron chi connectivity index (χ3n) is 5.46. The van der Waals surface area contributed by atoms with Gasteiger partial charge in [-0.25, -0.2) is 4.98 Å². The number of aryl methyl sites for hydroxylation is 1. The van der Waals surface area contributed by atoms with E-state index in [1.807, 2.05) is 48.5 Å². The van der Waals surface area contributed by atoms with Gasteiger partial charge in [0.1, 0.15) is 17.5 Å². The monoisotopic (exact) mass is 468 g/mol. The van der Waals surface area contributed by atoms with Gasteiger partial charge in [0.15, 0.2) is 0 Å². The summed E-state index contributed by atoms with van der Waals surface area (Å²) < 4.78 is 5.81. The molecule has 0 aliphatic carbocycles. The average Bonchev–Trinajstić information content (AvgIpc) is 3.39. The summed E-state index contributed by atoms with van der Waals surface area (Å²) in [5, 5.41) is 5.80. The Morgan fingerprint density at radius 1 is 0.886 bits per heavy atom. The smallest absolute Gasteiger partial charge is 0.246 e. The maximum absolute atomic E-state index is 13.1. The van der Waals surface area contributed by atoms with Crippen molar-refractivity contribution in [3.8, 4) is 11.5 Å². The molecule has 0 bridgehead atoms. The molecule has 0 radical (unpaired) electrons. The van der Waals surface area contributed by atoms with Gasteiger partial charge in [0.2, 0.25) is 11.8 Å². The van der Waals surface area contributed by atoms with Gasteiger partial charge >= 0.3 is 0 Å². The molecular formula is C28H28N4O3. The summed E-state index contributed by atoms with van der Waals surface area (Å²) in [5.74, 6) is 0.915. The van der Waals surface area contributed by atoms with E-state index in [1.54, 1.807) is 30.5 Å². The lowest BCUT2D eigenvalue weighted by Crippen LogP contribution is -2.44.